The van der Waals surface area contributed by atoms with Crippen molar-refractivity contribution < 1.29 is 19.4 Å². The summed E-state index contributed by atoms with van der Waals surface area (Å²) in [6, 6.07) is 5.66. The summed E-state index contributed by atoms with van der Waals surface area (Å²) in [5.74, 6) is 1.04. The molecule has 3 N–H and O–H groups in total. The van der Waals surface area contributed by atoms with Gasteiger partial charge in [-0.05, 0) is 50.0 Å². The summed E-state index contributed by atoms with van der Waals surface area (Å²) in [5.41, 5.74) is 0.458. The minimum absolute atomic E-state index is 0. The average molecular weight is 426 g/mol. The number of piperidine rings is 1. The van der Waals surface area contributed by atoms with E-state index in [-0.39, 0.29) is 24.0 Å². The zero-order valence-electron chi connectivity index (χ0n) is 16.7. The van der Waals surface area contributed by atoms with Crippen LogP contribution in [0.2, 0.25) is 0 Å². The normalized spacial score (nSPS) is 15.3. The lowest BCUT2D eigenvalue weighted by molar-refractivity contribution is -0.00866. The number of amides is 1. The second-order valence-electron chi connectivity index (χ2n) is 6.97. The van der Waals surface area contributed by atoms with E-state index in [0.717, 1.165) is 18.7 Å². The Morgan fingerprint density at radius 1 is 1.28 bits per heavy atom. The minimum atomic E-state index is -0.805. The molecule has 1 fully saturated rings. The molecule has 0 unspecified atom stereocenters. The minimum Gasteiger partial charge on any atom is -0.493 e. The van der Waals surface area contributed by atoms with Crippen molar-refractivity contribution >= 4 is 18.3 Å². The summed E-state index contributed by atoms with van der Waals surface area (Å²) in [4.78, 5) is 12.3. The van der Waals surface area contributed by atoms with E-state index in [1.54, 1.807) is 20.4 Å². The number of ether oxygens (including phenoxy) is 2. The Morgan fingerprint density at radius 2 is 2.00 bits per heavy atom. The van der Waals surface area contributed by atoms with E-state index in [4.69, 9.17) is 9.47 Å². The summed E-state index contributed by atoms with van der Waals surface area (Å²) in [6.45, 7) is 2.33. The number of nitrogens with zero attached hydrogens (tertiary/aromatic N) is 3. The van der Waals surface area contributed by atoms with Gasteiger partial charge in [0, 0.05) is 6.54 Å². The fourth-order valence-electron chi connectivity index (χ4n) is 3.28. The van der Waals surface area contributed by atoms with Crippen LogP contribution >= 0.6 is 12.4 Å². The molecule has 0 atom stereocenters. The number of hydrogen-bond acceptors (Lipinski definition) is 7. The summed E-state index contributed by atoms with van der Waals surface area (Å²) in [7, 11) is 3.18. The highest BCUT2D eigenvalue weighted by molar-refractivity contribution is 5.91. The van der Waals surface area contributed by atoms with Crippen LogP contribution < -0.4 is 20.1 Å². The van der Waals surface area contributed by atoms with Crippen molar-refractivity contribution in [2.75, 3.05) is 33.9 Å². The third kappa shape index (κ3) is 6.06. The van der Waals surface area contributed by atoms with Gasteiger partial charge in [-0.25, -0.2) is 4.68 Å². The van der Waals surface area contributed by atoms with Gasteiger partial charge in [-0.1, -0.05) is 11.3 Å². The fourth-order valence-corrected chi connectivity index (χ4v) is 3.28. The third-order valence-corrected chi connectivity index (χ3v) is 4.91. The molecular weight excluding hydrogens is 398 g/mol. The van der Waals surface area contributed by atoms with E-state index in [0.29, 0.717) is 43.9 Å². The zero-order chi connectivity index (χ0) is 20.0. The lowest BCUT2D eigenvalue weighted by Crippen LogP contribution is -2.44. The molecule has 1 aliphatic heterocycles. The van der Waals surface area contributed by atoms with Gasteiger partial charge in [0.15, 0.2) is 17.2 Å². The maximum atomic E-state index is 12.3. The van der Waals surface area contributed by atoms with E-state index < -0.39 is 5.60 Å². The number of aliphatic hydroxyl groups is 1. The van der Waals surface area contributed by atoms with Crippen LogP contribution in [0.15, 0.2) is 24.4 Å². The average Bonchev–Trinajstić information content (AvgIpc) is 3.16. The second-order valence-corrected chi connectivity index (χ2v) is 6.97. The lowest BCUT2D eigenvalue weighted by atomic mass is 9.92. The maximum absolute atomic E-state index is 12.3. The van der Waals surface area contributed by atoms with E-state index in [2.05, 4.69) is 20.9 Å². The Labute approximate surface area is 176 Å². The topological polar surface area (TPSA) is 111 Å². The fraction of sp³-hybridized carbons (Fsp3) is 0.526. The van der Waals surface area contributed by atoms with Crippen molar-refractivity contribution in [1.29, 1.82) is 0 Å². The lowest BCUT2D eigenvalue weighted by Gasteiger charge is -2.32. The predicted octanol–water partition coefficient (Wildman–Crippen LogP) is 0.804. The zero-order valence-corrected chi connectivity index (χ0v) is 17.5. The van der Waals surface area contributed by atoms with Crippen molar-refractivity contribution in [3.8, 4) is 11.5 Å². The molecule has 1 amide bonds. The third-order valence-electron chi connectivity index (χ3n) is 4.91. The van der Waals surface area contributed by atoms with Crippen LogP contribution in [0.3, 0.4) is 0 Å². The van der Waals surface area contributed by atoms with E-state index in [1.165, 1.54) is 4.68 Å². The molecule has 2 aromatic rings. The Hall–Kier alpha value is -2.36. The molecule has 0 spiro atoms. The molecule has 3 rings (SSSR count). The highest BCUT2D eigenvalue weighted by Gasteiger charge is 2.30. The van der Waals surface area contributed by atoms with Crippen molar-refractivity contribution in [1.82, 2.24) is 25.6 Å². The number of methoxy groups -OCH3 is 2. The molecule has 0 saturated carbocycles. The summed E-state index contributed by atoms with van der Waals surface area (Å²) in [5, 5.41) is 24.5. The van der Waals surface area contributed by atoms with Crippen LogP contribution in [0, 0.1) is 0 Å². The largest absolute Gasteiger partial charge is 0.493 e. The standard InChI is InChI=1S/C19H27N5O4.ClH/c1-27-16-4-3-14(11-17(16)28-2)5-8-21-18(25)15-12-24(23-22-15)13-19(26)6-9-20-10-7-19;/h3-4,11-12,20,26H,5-10,13H2,1-2H3,(H,21,25);1H. The molecule has 1 aliphatic rings. The molecule has 29 heavy (non-hydrogen) atoms. The van der Waals surface area contributed by atoms with Crippen LogP contribution in [0.4, 0.5) is 0 Å². The van der Waals surface area contributed by atoms with Crippen molar-refractivity contribution in [3.63, 3.8) is 0 Å². The van der Waals surface area contributed by atoms with Gasteiger partial charge in [-0.3, -0.25) is 4.79 Å². The van der Waals surface area contributed by atoms with Gasteiger partial charge in [0.1, 0.15) is 0 Å². The Balaban J connectivity index is 0.00000300. The highest BCUT2D eigenvalue weighted by Crippen LogP contribution is 2.27. The molecule has 9 nitrogen and oxygen atoms in total. The summed E-state index contributed by atoms with van der Waals surface area (Å²) < 4.78 is 12.0. The first-order chi connectivity index (χ1) is 13.5. The van der Waals surface area contributed by atoms with Gasteiger partial charge in [-0.2, -0.15) is 0 Å². The number of aromatic nitrogens is 3. The van der Waals surface area contributed by atoms with E-state index >= 15 is 0 Å². The SMILES string of the molecule is COc1ccc(CCNC(=O)c2cn(CC3(O)CCNCC3)nn2)cc1OC.Cl. The van der Waals surface area contributed by atoms with Crippen molar-refractivity contribution in [2.24, 2.45) is 0 Å². The summed E-state index contributed by atoms with van der Waals surface area (Å²) >= 11 is 0. The highest BCUT2D eigenvalue weighted by atomic mass is 35.5. The predicted molar refractivity (Wildman–Crippen MR) is 110 cm³/mol. The van der Waals surface area contributed by atoms with Gasteiger partial charge in [0.25, 0.3) is 5.91 Å². The van der Waals surface area contributed by atoms with Gasteiger partial charge < -0.3 is 25.2 Å². The van der Waals surface area contributed by atoms with Crippen LogP contribution in [-0.4, -0.2) is 65.5 Å². The van der Waals surface area contributed by atoms with Crippen LogP contribution in [0.5, 0.6) is 11.5 Å². The van der Waals surface area contributed by atoms with E-state index in [1.807, 2.05) is 18.2 Å². The molecule has 1 aromatic heterocycles. The van der Waals surface area contributed by atoms with Gasteiger partial charge in [0.2, 0.25) is 0 Å². The maximum Gasteiger partial charge on any atom is 0.273 e. The molecule has 0 radical (unpaired) electrons. The number of halogens is 1. The first-order valence-corrected chi connectivity index (χ1v) is 9.35. The Kier molecular flexibility index (Phi) is 8.24. The van der Waals surface area contributed by atoms with Crippen LogP contribution in [-0.2, 0) is 13.0 Å². The first-order valence-electron chi connectivity index (χ1n) is 9.35. The number of carbonyl (C=O) groups is 1. The molecule has 1 aromatic carbocycles. The molecule has 10 heteroatoms. The molecule has 1 saturated heterocycles. The molecule has 0 aliphatic carbocycles. The van der Waals surface area contributed by atoms with Gasteiger partial charge in [0.05, 0.1) is 32.6 Å². The monoisotopic (exact) mass is 425 g/mol. The second kappa shape index (κ2) is 10.4. The van der Waals surface area contributed by atoms with E-state index in [9.17, 15) is 9.90 Å². The smallest absolute Gasteiger partial charge is 0.273 e. The first kappa shape index (κ1) is 22.9. The van der Waals surface area contributed by atoms with Crippen LogP contribution in [0.25, 0.3) is 0 Å². The molecule has 160 valence electrons. The van der Waals surface area contributed by atoms with Gasteiger partial charge in [-0.15, -0.1) is 17.5 Å². The Bertz CT molecular complexity index is 808. The number of hydrogen-bond donors (Lipinski definition) is 3. The number of nitrogens with one attached hydrogen (secondary N) is 2. The molecular formula is C19H28ClN5O4. The number of carbonyl (C=O) groups excluding carboxylic acids is 1. The van der Waals surface area contributed by atoms with Gasteiger partial charge >= 0.3 is 0 Å². The summed E-state index contributed by atoms with van der Waals surface area (Å²) in [6.07, 6.45) is 3.53. The van der Waals surface area contributed by atoms with Crippen LogP contribution in [0.1, 0.15) is 28.9 Å². The van der Waals surface area contributed by atoms with Crippen molar-refractivity contribution in [2.45, 2.75) is 31.4 Å². The number of benzene rings is 1. The number of rotatable bonds is 8. The molecule has 0 bridgehead atoms. The van der Waals surface area contributed by atoms with Crippen molar-refractivity contribution in [3.05, 3.63) is 35.7 Å². The molecule has 2 heterocycles. The quantitative estimate of drug-likeness (QED) is 0.573. The Morgan fingerprint density at radius 3 is 2.69 bits per heavy atom.